The minimum atomic E-state index is -4.37. The van der Waals surface area contributed by atoms with Gasteiger partial charge in [0.05, 0.1) is 5.56 Å². The first-order valence-corrected chi connectivity index (χ1v) is 10.3. The van der Waals surface area contributed by atoms with Gasteiger partial charge in [-0.25, -0.2) is 4.98 Å². The van der Waals surface area contributed by atoms with Gasteiger partial charge in [-0.3, -0.25) is 9.20 Å². The van der Waals surface area contributed by atoms with Crippen LogP contribution in [-0.2, 0) is 10.1 Å². The highest BCUT2D eigenvalue weighted by Crippen LogP contribution is 2.28. The van der Waals surface area contributed by atoms with Crippen LogP contribution >= 0.6 is 11.6 Å². The molecule has 0 aliphatic heterocycles. The van der Waals surface area contributed by atoms with E-state index in [0.717, 1.165) is 0 Å². The Kier molecular flexibility index (Phi) is 4.96. The second-order valence-corrected chi connectivity index (χ2v) is 7.81. The smallest absolute Gasteiger partial charge is 0.358 e. The summed E-state index contributed by atoms with van der Waals surface area (Å²) in [6, 6.07) is 19.8. The quantitative estimate of drug-likeness (QED) is 0.486. The van der Waals surface area contributed by atoms with E-state index in [1.807, 2.05) is 6.07 Å². The molecule has 1 N–H and O–H groups in total. The molecule has 0 atom stereocenters. The van der Waals surface area contributed by atoms with Crippen LogP contribution in [0.5, 0.6) is 5.75 Å². The Balaban J connectivity index is 1.69. The number of anilines is 1. The molecular formula is C20H14ClN3O4S. The van der Waals surface area contributed by atoms with Crippen LogP contribution in [0.4, 0.5) is 5.69 Å². The lowest BCUT2D eigenvalue weighted by atomic mass is 10.2. The maximum atomic E-state index is 12.9. The average molecular weight is 428 g/mol. The molecule has 146 valence electrons. The van der Waals surface area contributed by atoms with E-state index in [-0.39, 0.29) is 21.5 Å². The number of carbonyl (C=O) groups excluding carboxylic acids is 1. The van der Waals surface area contributed by atoms with E-state index in [2.05, 4.69) is 10.3 Å². The predicted octanol–water partition coefficient (Wildman–Crippen LogP) is 4.01. The number of nitrogens with one attached hydrogen (secondary N) is 1. The fraction of sp³-hybridized carbons (Fsp3) is 0. The number of fused-ring (bicyclic) bond motifs is 1. The number of amides is 1. The monoisotopic (exact) mass is 427 g/mol. The van der Waals surface area contributed by atoms with E-state index in [1.165, 1.54) is 22.7 Å². The molecule has 29 heavy (non-hydrogen) atoms. The minimum absolute atomic E-state index is 0.0601. The van der Waals surface area contributed by atoms with Crippen molar-refractivity contribution in [3.63, 3.8) is 0 Å². The van der Waals surface area contributed by atoms with Gasteiger partial charge in [-0.2, -0.15) is 8.42 Å². The standard InChI is InChI=1S/C20H14ClN3O4S/c21-18-20(24-13-7-6-12-17(24)23-18)29(26,27)28-16-11-5-4-10-15(16)19(25)22-14-8-2-1-3-9-14/h1-13H,(H,22,25). The summed E-state index contributed by atoms with van der Waals surface area (Å²) in [5.74, 6) is -0.630. The van der Waals surface area contributed by atoms with Crippen molar-refractivity contribution in [2.24, 2.45) is 0 Å². The van der Waals surface area contributed by atoms with Gasteiger partial charge in [0.25, 0.3) is 5.91 Å². The fourth-order valence-corrected chi connectivity index (χ4v) is 4.34. The number of rotatable bonds is 5. The molecule has 7 nitrogen and oxygen atoms in total. The van der Waals surface area contributed by atoms with Gasteiger partial charge in [0.2, 0.25) is 5.03 Å². The van der Waals surface area contributed by atoms with Crippen LogP contribution in [0.3, 0.4) is 0 Å². The van der Waals surface area contributed by atoms with Gasteiger partial charge < -0.3 is 9.50 Å². The maximum absolute atomic E-state index is 12.9. The van der Waals surface area contributed by atoms with Crippen molar-refractivity contribution in [1.29, 1.82) is 0 Å². The molecular weight excluding hydrogens is 414 g/mol. The van der Waals surface area contributed by atoms with Crippen molar-refractivity contribution in [2.75, 3.05) is 5.32 Å². The number of nitrogens with zero attached hydrogens (tertiary/aromatic N) is 2. The molecule has 0 radical (unpaired) electrons. The summed E-state index contributed by atoms with van der Waals surface area (Å²) in [6.07, 6.45) is 1.51. The molecule has 0 spiro atoms. The summed E-state index contributed by atoms with van der Waals surface area (Å²) < 4.78 is 32.5. The van der Waals surface area contributed by atoms with Crippen molar-refractivity contribution in [1.82, 2.24) is 9.38 Å². The Labute approximate surface area is 171 Å². The Morgan fingerprint density at radius 1 is 0.966 bits per heavy atom. The van der Waals surface area contributed by atoms with Gasteiger partial charge in [-0.1, -0.05) is 48.0 Å². The van der Waals surface area contributed by atoms with Crippen molar-refractivity contribution < 1.29 is 17.4 Å². The van der Waals surface area contributed by atoms with E-state index in [4.69, 9.17) is 15.8 Å². The van der Waals surface area contributed by atoms with Gasteiger partial charge in [0, 0.05) is 11.9 Å². The lowest BCUT2D eigenvalue weighted by molar-refractivity contribution is 0.102. The molecule has 0 saturated carbocycles. The number of halogens is 1. The predicted molar refractivity (Wildman–Crippen MR) is 109 cm³/mol. The molecule has 0 aliphatic rings. The first kappa shape index (κ1) is 19.0. The van der Waals surface area contributed by atoms with Gasteiger partial charge in [0.15, 0.2) is 10.9 Å². The molecule has 4 aromatic rings. The lowest BCUT2D eigenvalue weighted by Gasteiger charge is -2.12. The fourth-order valence-electron chi connectivity index (χ4n) is 2.77. The number of pyridine rings is 1. The number of imidazole rings is 1. The molecule has 9 heteroatoms. The van der Waals surface area contributed by atoms with Crippen molar-refractivity contribution in [3.05, 3.63) is 89.7 Å². The number of hydrogen-bond acceptors (Lipinski definition) is 5. The van der Waals surface area contributed by atoms with E-state index in [1.54, 1.807) is 54.6 Å². The minimum Gasteiger partial charge on any atom is -0.377 e. The van der Waals surface area contributed by atoms with Crippen LogP contribution in [0, 0.1) is 0 Å². The van der Waals surface area contributed by atoms with E-state index >= 15 is 0 Å². The summed E-state index contributed by atoms with van der Waals surface area (Å²) in [6.45, 7) is 0. The molecule has 4 rings (SSSR count). The Morgan fingerprint density at radius 3 is 2.45 bits per heavy atom. The Morgan fingerprint density at radius 2 is 1.66 bits per heavy atom. The van der Waals surface area contributed by atoms with Crippen LogP contribution in [0.15, 0.2) is 84.0 Å². The number of para-hydroxylation sites is 2. The molecule has 0 bridgehead atoms. The summed E-state index contributed by atoms with van der Waals surface area (Å²) in [7, 11) is -4.37. The Bertz CT molecular complexity index is 1300. The first-order valence-electron chi connectivity index (χ1n) is 8.48. The highest BCUT2D eigenvalue weighted by Gasteiger charge is 2.28. The van der Waals surface area contributed by atoms with Gasteiger partial charge in [0.1, 0.15) is 5.65 Å². The van der Waals surface area contributed by atoms with Crippen LogP contribution < -0.4 is 9.50 Å². The lowest BCUT2D eigenvalue weighted by Crippen LogP contribution is -2.17. The van der Waals surface area contributed by atoms with Gasteiger partial charge >= 0.3 is 10.1 Å². The van der Waals surface area contributed by atoms with Crippen LogP contribution in [0.25, 0.3) is 5.65 Å². The van der Waals surface area contributed by atoms with Crippen LogP contribution in [0.1, 0.15) is 10.4 Å². The van der Waals surface area contributed by atoms with Crippen molar-refractivity contribution in [2.45, 2.75) is 5.03 Å². The molecule has 2 aromatic carbocycles. The average Bonchev–Trinajstić information content (AvgIpc) is 3.05. The number of benzene rings is 2. The SMILES string of the molecule is O=C(Nc1ccccc1)c1ccccc1OS(=O)(=O)c1c(Cl)nc2ccccn12. The third kappa shape index (κ3) is 3.80. The molecule has 0 fully saturated rings. The van der Waals surface area contributed by atoms with E-state index < -0.39 is 16.0 Å². The summed E-state index contributed by atoms with van der Waals surface area (Å²) in [4.78, 5) is 16.7. The topological polar surface area (TPSA) is 89.8 Å². The zero-order valence-corrected chi connectivity index (χ0v) is 16.4. The highest BCUT2D eigenvalue weighted by molar-refractivity contribution is 7.87. The largest absolute Gasteiger partial charge is 0.377 e. The van der Waals surface area contributed by atoms with E-state index in [9.17, 15) is 13.2 Å². The van der Waals surface area contributed by atoms with Crippen molar-refractivity contribution >= 4 is 39.0 Å². The molecule has 2 aromatic heterocycles. The number of hydrogen-bond donors (Lipinski definition) is 1. The molecule has 2 heterocycles. The third-order valence-electron chi connectivity index (χ3n) is 4.05. The molecule has 0 unspecified atom stereocenters. The zero-order chi connectivity index (χ0) is 20.4. The highest BCUT2D eigenvalue weighted by atomic mass is 35.5. The molecule has 0 saturated heterocycles. The zero-order valence-electron chi connectivity index (χ0n) is 14.8. The van der Waals surface area contributed by atoms with Crippen LogP contribution in [-0.4, -0.2) is 23.7 Å². The van der Waals surface area contributed by atoms with Crippen molar-refractivity contribution in [3.8, 4) is 5.75 Å². The second kappa shape index (κ2) is 7.57. The van der Waals surface area contributed by atoms with Gasteiger partial charge in [-0.15, -0.1) is 0 Å². The van der Waals surface area contributed by atoms with Gasteiger partial charge in [-0.05, 0) is 36.4 Å². The maximum Gasteiger partial charge on any atom is 0.358 e. The number of aromatic nitrogens is 2. The Hall–Kier alpha value is -3.36. The summed E-state index contributed by atoms with van der Waals surface area (Å²) >= 11 is 6.06. The molecule has 1 amide bonds. The van der Waals surface area contributed by atoms with E-state index in [0.29, 0.717) is 11.3 Å². The normalized spacial score (nSPS) is 11.3. The van der Waals surface area contributed by atoms with Crippen LogP contribution in [0.2, 0.25) is 5.15 Å². The first-order chi connectivity index (χ1) is 14.0. The molecule has 0 aliphatic carbocycles. The third-order valence-corrected chi connectivity index (χ3v) is 5.68. The second-order valence-electron chi connectivity index (χ2n) is 5.99. The summed E-state index contributed by atoms with van der Waals surface area (Å²) in [5, 5.41) is 2.17. The number of carbonyl (C=O) groups is 1. The summed E-state index contributed by atoms with van der Waals surface area (Å²) in [5.41, 5.74) is 0.986.